The first-order valence-corrected chi connectivity index (χ1v) is 9.07. The Hall–Kier alpha value is -2.41. The van der Waals surface area contributed by atoms with Gasteiger partial charge in [-0.15, -0.1) is 0 Å². The van der Waals surface area contributed by atoms with Gasteiger partial charge in [0, 0.05) is 18.5 Å². The summed E-state index contributed by atoms with van der Waals surface area (Å²) in [6.45, 7) is 0. The highest BCUT2D eigenvalue weighted by Crippen LogP contribution is 2.52. The van der Waals surface area contributed by atoms with Gasteiger partial charge >= 0.3 is 12.1 Å². The number of amides is 1. The number of carbonyl (C=O) groups excluding carboxylic acids is 1. The maximum absolute atomic E-state index is 12.6. The summed E-state index contributed by atoms with van der Waals surface area (Å²) in [6.07, 6.45) is 2.11. The van der Waals surface area contributed by atoms with Crippen LogP contribution in [0.15, 0.2) is 24.3 Å². The third kappa shape index (κ3) is 2.67. The Balaban J connectivity index is 1.61. The molecule has 4 rings (SSSR count). The number of hydrogen-bond donors (Lipinski definition) is 3. The van der Waals surface area contributed by atoms with Gasteiger partial charge in [-0.1, -0.05) is 18.2 Å². The molecule has 0 saturated heterocycles. The Kier molecular flexibility index (Phi) is 3.99. The number of nitrogens with zero attached hydrogens (tertiary/aromatic N) is 1. The van der Waals surface area contributed by atoms with Crippen LogP contribution in [0.1, 0.15) is 50.1 Å². The van der Waals surface area contributed by atoms with Gasteiger partial charge in [-0.3, -0.25) is 19.8 Å². The molecule has 2 fully saturated rings. The quantitative estimate of drug-likeness (QED) is 0.721. The van der Waals surface area contributed by atoms with Crippen molar-refractivity contribution in [3.8, 4) is 0 Å². The number of benzene rings is 1. The molecule has 138 valence electrons. The van der Waals surface area contributed by atoms with Gasteiger partial charge in [0.1, 0.15) is 0 Å². The average Bonchev–Trinajstić information content (AvgIpc) is 3.35. The SMILES string of the molecule is O=C(O)CCC(=O)C1(NC2c3ccccc3N(C(=O)O)C3CCC23)CC1. The number of para-hydroxylation sites is 1. The Bertz CT molecular complexity index is 773. The van der Waals surface area contributed by atoms with E-state index in [-0.39, 0.29) is 36.6 Å². The lowest BCUT2D eigenvalue weighted by atomic mass is 9.68. The smallest absolute Gasteiger partial charge is 0.412 e. The van der Waals surface area contributed by atoms with Crippen molar-refractivity contribution in [1.29, 1.82) is 0 Å². The second-order valence-corrected chi connectivity index (χ2v) is 7.54. The Morgan fingerprint density at radius 3 is 2.42 bits per heavy atom. The number of carboxylic acid groups (broad SMARTS) is 2. The van der Waals surface area contributed by atoms with Crippen molar-refractivity contribution < 1.29 is 24.6 Å². The first-order chi connectivity index (χ1) is 12.4. The molecule has 1 amide bonds. The molecule has 1 aliphatic heterocycles. The van der Waals surface area contributed by atoms with E-state index in [0.29, 0.717) is 18.5 Å². The highest BCUT2D eigenvalue weighted by Gasteiger charge is 2.55. The lowest BCUT2D eigenvalue weighted by molar-refractivity contribution is -0.139. The summed E-state index contributed by atoms with van der Waals surface area (Å²) >= 11 is 0. The standard InChI is InChI=1S/C19H22N2O5/c22-15(7-8-16(23)24)19(9-10-19)20-17-11-3-1-2-4-13(11)21(18(25)26)14-6-5-12(14)17/h1-4,12,14,17,20H,5-10H2,(H,23,24)(H,25,26). The fraction of sp³-hybridized carbons (Fsp3) is 0.526. The van der Waals surface area contributed by atoms with Gasteiger partial charge in [-0.25, -0.2) is 4.79 Å². The zero-order valence-corrected chi connectivity index (χ0v) is 14.4. The molecule has 3 aliphatic rings. The number of Topliss-reactive ketones (excluding diaryl/α,β-unsaturated/α-hetero) is 1. The molecule has 0 bridgehead atoms. The average molecular weight is 358 g/mol. The Morgan fingerprint density at radius 2 is 1.85 bits per heavy atom. The number of nitrogens with one attached hydrogen (secondary N) is 1. The maximum Gasteiger partial charge on any atom is 0.412 e. The van der Waals surface area contributed by atoms with Gasteiger partial charge in [0.05, 0.1) is 17.6 Å². The molecule has 1 aromatic rings. The van der Waals surface area contributed by atoms with Crippen LogP contribution < -0.4 is 10.2 Å². The Labute approximate surface area is 151 Å². The van der Waals surface area contributed by atoms with E-state index < -0.39 is 17.6 Å². The van der Waals surface area contributed by atoms with Crippen molar-refractivity contribution in [2.75, 3.05) is 4.90 Å². The van der Waals surface area contributed by atoms with Crippen LogP contribution in [0.4, 0.5) is 10.5 Å². The van der Waals surface area contributed by atoms with Crippen LogP contribution in [-0.4, -0.2) is 39.6 Å². The molecule has 3 unspecified atom stereocenters. The van der Waals surface area contributed by atoms with E-state index in [1.807, 2.05) is 24.3 Å². The molecule has 7 nitrogen and oxygen atoms in total. The van der Waals surface area contributed by atoms with E-state index in [1.54, 1.807) is 0 Å². The number of carboxylic acids is 1. The summed E-state index contributed by atoms with van der Waals surface area (Å²) in [5.74, 6) is -0.868. The number of rotatable bonds is 6. The fourth-order valence-corrected chi connectivity index (χ4v) is 4.41. The predicted molar refractivity (Wildman–Crippen MR) is 93.2 cm³/mol. The van der Waals surface area contributed by atoms with Crippen LogP contribution in [0.2, 0.25) is 0 Å². The van der Waals surface area contributed by atoms with Gasteiger partial charge in [-0.2, -0.15) is 0 Å². The van der Waals surface area contributed by atoms with Crippen LogP contribution in [0.25, 0.3) is 0 Å². The van der Waals surface area contributed by atoms with Crippen LogP contribution in [-0.2, 0) is 9.59 Å². The zero-order valence-electron chi connectivity index (χ0n) is 14.4. The number of fused-ring (bicyclic) bond motifs is 2. The van der Waals surface area contributed by atoms with E-state index in [0.717, 1.165) is 18.4 Å². The number of hydrogen-bond acceptors (Lipinski definition) is 4. The maximum atomic E-state index is 12.6. The van der Waals surface area contributed by atoms with E-state index in [2.05, 4.69) is 5.32 Å². The largest absolute Gasteiger partial charge is 0.481 e. The molecule has 1 aromatic carbocycles. The molecule has 2 saturated carbocycles. The number of anilines is 1. The van der Waals surface area contributed by atoms with Crippen molar-refractivity contribution in [2.45, 2.75) is 56.1 Å². The summed E-state index contributed by atoms with van der Waals surface area (Å²) in [7, 11) is 0. The van der Waals surface area contributed by atoms with E-state index >= 15 is 0 Å². The lowest BCUT2D eigenvalue weighted by Gasteiger charge is -2.52. The molecule has 2 aliphatic carbocycles. The minimum Gasteiger partial charge on any atom is -0.481 e. The number of aliphatic carboxylic acids is 1. The van der Waals surface area contributed by atoms with Crippen LogP contribution >= 0.6 is 0 Å². The molecule has 3 atom stereocenters. The molecular weight excluding hydrogens is 336 g/mol. The van der Waals surface area contributed by atoms with Gasteiger partial charge < -0.3 is 10.2 Å². The molecule has 1 heterocycles. The molecular formula is C19H22N2O5. The molecule has 7 heteroatoms. The zero-order chi connectivity index (χ0) is 18.5. The second-order valence-electron chi connectivity index (χ2n) is 7.54. The summed E-state index contributed by atoms with van der Waals surface area (Å²) in [4.78, 5) is 36.6. The first kappa shape index (κ1) is 17.0. The lowest BCUT2D eigenvalue weighted by Crippen LogP contribution is -2.59. The molecule has 26 heavy (non-hydrogen) atoms. The molecule has 3 N–H and O–H groups in total. The van der Waals surface area contributed by atoms with Gasteiger partial charge in [-0.05, 0) is 43.2 Å². The monoisotopic (exact) mass is 358 g/mol. The summed E-state index contributed by atoms with van der Waals surface area (Å²) in [6, 6.07) is 7.32. The van der Waals surface area contributed by atoms with Crippen LogP contribution in [0.3, 0.4) is 0 Å². The summed E-state index contributed by atoms with van der Waals surface area (Å²) in [5, 5.41) is 22.0. The van der Waals surface area contributed by atoms with Gasteiger partial charge in [0.2, 0.25) is 0 Å². The second kappa shape index (κ2) is 6.09. The van der Waals surface area contributed by atoms with E-state index in [9.17, 15) is 19.5 Å². The van der Waals surface area contributed by atoms with E-state index in [4.69, 9.17) is 5.11 Å². The van der Waals surface area contributed by atoms with Crippen LogP contribution in [0.5, 0.6) is 0 Å². The van der Waals surface area contributed by atoms with Crippen molar-refractivity contribution in [3.63, 3.8) is 0 Å². The van der Waals surface area contributed by atoms with Gasteiger partial charge in [0.25, 0.3) is 0 Å². The molecule has 0 radical (unpaired) electrons. The highest BCUT2D eigenvalue weighted by molar-refractivity contribution is 5.93. The number of ketones is 1. The Morgan fingerprint density at radius 1 is 1.12 bits per heavy atom. The normalized spacial score (nSPS) is 27.7. The third-order valence-electron chi connectivity index (χ3n) is 6.07. The van der Waals surface area contributed by atoms with Crippen molar-refractivity contribution >= 4 is 23.5 Å². The first-order valence-electron chi connectivity index (χ1n) is 9.07. The third-order valence-corrected chi connectivity index (χ3v) is 6.07. The van der Waals surface area contributed by atoms with Crippen molar-refractivity contribution in [2.24, 2.45) is 5.92 Å². The highest BCUT2D eigenvalue weighted by atomic mass is 16.4. The summed E-state index contributed by atoms with van der Waals surface area (Å²) < 4.78 is 0. The van der Waals surface area contributed by atoms with E-state index in [1.165, 1.54) is 4.90 Å². The number of carbonyl (C=O) groups is 3. The molecule has 0 aromatic heterocycles. The van der Waals surface area contributed by atoms with Crippen molar-refractivity contribution in [1.82, 2.24) is 5.32 Å². The minimum atomic E-state index is -0.965. The predicted octanol–water partition coefficient (Wildman–Crippen LogP) is 2.56. The van der Waals surface area contributed by atoms with Gasteiger partial charge in [0.15, 0.2) is 5.78 Å². The molecule has 0 spiro atoms. The minimum absolute atomic E-state index is 0.0338. The van der Waals surface area contributed by atoms with Crippen LogP contribution in [0, 0.1) is 5.92 Å². The summed E-state index contributed by atoms with van der Waals surface area (Å²) in [5.41, 5.74) is 0.957. The topological polar surface area (TPSA) is 107 Å². The fourth-order valence-electron chi connectivity index (χ4n) is 4.41. The van der Waals surface area contributed by atoms with Crippen molar-refractivity contribution in [3.05, 3.63) is 29.8 Å².